The first-order valence-electron chi connectivity index (χ1n) is 8.86. The minimum absolute atomic E-state index is 0.119. The minimum Gasteiger partial charge on any atom is -0.544 e. The third-order valence-electron chi connectivity index (χ3n) is 4.21. The van der Waals surface area contributed by atoms with E-state index in [1.807, 2.05) is 13.8 Å². The molecule has 0 spiro atoms. The largest absolute Gasteiger partial charge is 0.544 e. The number of aliphatic carboxylic acids is 1. The molecule has 0 rings (SSSR count). The van der Waals surface area contributed by atoms with Gasteiger partial charge in [-0.2, -0.15) is 11.8 Å². The van der Waals surface area contributed by atoms with Crippen LogP contribution >= 0.6 is 11.8 Å². The van der Waals surface area contributed by atoms with Gasteiger partial charge in [0.2, 0.25) is 0 Å². The molecule has 0 aromatic rings. The number of thioether (sulfide) groups is 1. The van der Waals surface area contributed by atoms with Gasteiger partial charge in [0.15, 0.2) is 0 Å². The number of carbonyl (C=O) groups is 2. The van der Waals surface area contributed by atoms with Crippen LogP contribution in [-0.4, -0.2) is 91.9 Å². The number of nitrogens with zero attached hydrogens (tertiary/aromatic N) is 1. The highest BCUT2D eigenvalue weighted by atomic mass is 32.2. The van der Waals surface area contributed by atoms with Crippen LogP contribution in [0.2, 0.25) is 6.04 Å². The topological polar surface area (TPSA) is 94.1 Å². The van der Waals surface area contributed by atoms with Gasteiger partial charge in [-0.15, -0.1) is 0 Å². The maximum Gasteiger partial charge on any atom is 0.500 e. The number of carboxylic acid groups (broad SMARTS) is 1. The Hall–Kier alpha value is -0.653. The lowest BCUT2D eigenvalue weighted by Gasteiger charge is -2.30. The van der Waals surface area contributed by atoms with Crippen LogP contribution in [0.5, 0.6) is 0 Å². The van der Waals surface area contributed by atoms with E-state index >= 15 is 0 Å². The summed E-state index contributed by atoms with van der Waals surface area (Å²) in [6.07, 6.45) is 0.867. The molecule has 0 bridgehead atoms. The number of quaternary nitrogens is 1. The van der Waals surface area contributed by atoms with Gasteiger partial charge in [-0.1, -0.05) is 0 Å². The number of hydrogen-bond acceptors (Lipinski definition) is 8. The van der Waals surface area contributed by atoms with Crippen molar-refractivity contribution in [3.63, 3.8) is 0 Å². The van der Waals surface area contributed by atoms with Gasteiger partial charge in [-0.05, 0) is 26.0 Å². The first-order valence-corrected chi connectivity index (χ1v) is 11.9. The van der Waals surface area contributed by atoms with Gasteiger partial charge in [0.1, 0.15) is 19.7 Å². The summed E-state index contributed by atoms with van der Waals surface area (Å²) in [5.41, 5.74) is -0.617. The molecule has 8 nitrogen and oxygen atoms in total. The molecule has 0 saturated carbocycles. The number of esters is 1. The Labute approximate surface area is 168 Å². The Morgan fingerprint density at radius 2 is 1.67 bits per heavy atom. The summed E-state index contributed by atoms with van der Waals surface area (Å²) in [5, 5.41) is 10.7. The predicted molar refractivity (Wildman–Crippen MR) is 105 cm³/mol. The molecule has 0 amide bonds. The Bertz CT molecular complexity index is 462. The Kier molecular flexibility index (Phi) is 11.7. The second-order valence-corrected chi connectivity index (χ2v) is 11.9. The quantitative estimate of drug-likeness (QED) is 0.161. The number of hydrogen-bond donors (Lipinski definition) is 0. The minimum atomic E-state index is -2.54. The van der Waals surface area contributed by atoms with E-state index in [1.165, 1.54) is 0 Å². The van der Waals surface area contributed by atoms with E-state index in [2.05, 4.69) is 0 Å². The summed E-state index contributed by atoms with van der Waals surface area (Å²) in [4.78, 5) is 23.0. The predicted octanol–water partition coefficient (Wildman–Crippen LogP) is 0.384. The molecule has 0 aromatic carbocycles. The van der Waals surface area contributed by atoms with Crippen molar-refractivity contribution in [2.45, 2.75) is 26.3 Å². The molecule has 0 aliphatic carbocycles. The van der Waals surface area contributed by atoms with Crippen molar-refractivity contribution in [3.05, 3.63) is 0 Å². The molecule has 0 radical (unpaired) electrons. The summed E-state index contributed by atoms with van der Waals surface area (Å²) in [7, 11) is 5.77. The standard InChI is InChI=1S/C17H35NO7SSi/c1-17(2,14-26-11-8-12-27(22-5,23-6)24-7)16(21)25-10-9-18(3,4)13-15(19)20/h8-14H2,1-7H3. The van der Waals surface area contributed by atoms with Crippen LogP contribution in [0, 0.1) is 5.41 Å². The lowest BCUT2D eigenvalue weighted by atomic mass is 9.97. The third kappa shape index (κ3) is 10.5. The molecule has 10 heteroatoms. The van der Waals surface area contributed by atoms with Gasteiger partial charge < -0.3 is 32.4 Å². The molecular weight excluding hydrogens is 390 g/mol. The highest BCUT2D eigenvalue weighted by Gasteiger charge is 2.37. The molecular formula is C17H35NO7SSi. The van der Waals surface area contributed by atoms with Crippen LogP contribution < -0.4 is 5.11 Å². The molecule has 0 fully saturated rings. The van der Waals surface area contributed by atoms with Crippen molar-refractivity contribution in [3.8, 4) is 0 Å². The third-order valence-corrected chi connectivity index (χ3v) is 8.54. The van der Waals surface area contributed by atoms with Crippen LogP contribution in [0.15, 0.2) is 0 Å². The van der Waals surface area contributed by atoms with Crippen LogP contribution in [0.4, 0.5) is 0 Å². The lowest BCUT2D eigenvalue weighted by Crippen LogP contribution is -2.50. The van der Waals surface area contributed by atoms with Crippen LogP contribution in [0.25, 0.3) is 0 Å². The van der Waals surface area contributed by atoms with Crippen molar-refractivity contribution in [1.29, 1.82) is 0 Å². The maximum absolute atomic E-state index is 12.3. The molecule has 0 heterocycles. The van der Waals surface area contributed by atoms with E-state index < -0.39 is 20.2 Å². The van der Waals surface area contributed by atoms with Gasteiger partial charge in [0.05, 0.1) is 25.5 Å². The molecule has 0 N–H and O–H groups in total. The summed E-state index contributed by atoms with van der Waals surface area (Å²) in [5.74, 6) is 0.0882. The molecule has 0 atom stereocenters. The number of ether oxygens (including phenoxy) is 1. The van der Waals surface area contributed by atoms with Gasteiger partial charge in [0, 0.05) is 33.1 Å². The first-order chi connectivity index (χ1) is 12.4. The summed E-state index contributed by atoms with van der Waals surface area (Å²) in [6, 6.07) is 0.722. The molecule has 0 saturated heterocycles. The monoisotopic (exact) mass is 425 g/mol. The highest BCUT2D eigenvalue weighted by Crippen LogP contribution is 2.25. The van der Waals surface area contributed by atoms with Crippen molar-refractivity contribution in [2.75, 3.05) is 66.6 Å². The van der Waals surface area contributed by atoms with Crippen LogP contribution in [0.3, 0.4) is 0 Å². The van der Waals surface area contributed by atoms with Crippen molar-refractivity contribution in [2.24, 2.45) is 5.41 Å². The zero-order chi connectivity index (χ0) is 21.1. The second kappa shape index (κ2) is 12.0. The average Bonchev–Trinajstić information content (AvgIpc) is 2.57. The SMILES string of the molecule is CO[Si](CCCSCC(C)(C)C(=O)OCC[N+](C)(C)CC(=O)[O-])(OC)OC. The summed E-state index contributed by atoms with van der Waals surface area (Å²) in [6.45, 7) is 4.17. The average molecular weight is 426 g/mol. The smallest absolute Gasteiger partial charge is 0.500 e. The zero-order valence-electron chi connectivity index (χ0n) is 17.7. The van der Waals surface area contributed by atoms with Gasteiger partial charge in [0.25, 0.3) is 0 Å². The molecule has 0 aliphatic heterocycles. The first kappa shape index (κ1) is 26.3. The number of likely N-dealkylation sites (N-methyl/N-ethyl adjacent to an activating group) is 1. The van der Waals surface area contributed by atoms with Gasteiger partial charge in [-0.3, -0.25) is 4.79 Å². The molecule has 0 aromatic heterocycles. The molecule has 160 valence electrons. The highest BCUT2D eigenvalue weighted by molar-refractivity contribution is 7.99. The fourth-order valence-corrected chi connectivity index (χ4v) is 5.44. The van der Waals surface area contributed by atoms with Crippen LogP contribution in [0.1, 0.15) is 20.3 Å². The summed E-state index contributed by atoms with van der Waals surface area (Å²) >= 11 is 1.67. The van der Waals surface area contributed by atoms with Crippen LogP contribution in [-0.2, 0) is 27.6 Å². The van der Waals surface area contributed by atoms with E-state index in [4.69, 9.17) is 18.0 Å². The van der Waals surface area contributed by atoms with Crippen molar-refractivity contribution >= 4 is 32.5 Å². The van der Waals surface area contributed by atoms with Gasteiger partial charge in [-0.25, -0.2) is 0 Å². The Morgan fingerprint density at radius 1 is 1.11 bits per heavy atom. The molecule has 0 aliphatic rings. The summed E-state index contributed by atoms with van der Waals surface area (Å²) < 4.78 is 21.7. The number of rotatable bonds is 15. The van der Waals surface area contributed by atoms with E-state index in [-0.39, 0.29) is 23.6 Å². The Morgan fingerprint density at radius 3 is 2.15 bits per heavy atom. The second-order valence-electron chi connectivity index (χ2n) is 7.66. The Balaban J connectivity index is 4.20. The van der Waals surface area contributed by atoms with Crippen molar-refractivity contribution in [1.82, 2.24) is 0 Å². The fraction of sp³-hybridized carbons (Fsp3) is 0.882. The number of carboxylic acids is 1. The van der Waals surface area contributed by atoms with E-state index in [9.17, 15) is 14.7 Å². The lowest BCUT2D eigenvalue weighted by molar-refractivity contribution is -0.884. The molecule has 27 heavy (non-hydrogen) atoms. The van der Waals surface area contributed by atoms with E-state index in [0.717, 1.165) is 18.2 Å². The maximum atomic E-state index is 12.3. The van der Waals surface area contributed by atoms with E-state index in [0.29, 0.717) is 12.3 Å². The van der Waals surface area contributed by atoms with Gasteiger partial charge >= 0.3 is 14.8 Å². The number of carbonyl (C=O) groups excluding carboxylic acids is 2. The zero-order valence-corrected chi connectivity index (χ0v) is 19.5. The molecule has 0 unspecified atom stereocenters. The fourth-order valence-electron chi connectivity index (χ4n) is 2.34. The van der Waals surface area contributed by atoms with E-state index in [1.54, 1.807) is 47.2 Å². The van der Waals surface area contributed by atoms with Crippen molar-refractivity contribution < 1.29 is 37.2 Å². The normalized spacial score (nSPS) is 12.9.